The molecule has 0 aliphatic carbocycles. The first-order chi connectivity index (χ1) is 12.8. The van der Waals surface area contributed by atoms with Gasteiger partial charge in [0.1, 0.15) is 11.4 Å². The standard InChI is InChI=1S/C21H29N3O3/c1-21(2,3)27-20(25)24-10-6-15(7-11-24)8-12-26-17-13-16-5-4-9-23-19(16)18(22)14-17/h4-5,9,13-15H,6-8,10-12,22H2,1-3H3. The van der Waals surface area contributed by atoms with Crippen molar-refractivity contribution >= 4 is 22.7 Å². The molecule has 3 rings (SSSR count). The van der Waals surface area contributed by atoms with E-state index in [1.807, 2.05) is 45.0 Å². The second-order valence-corrected chi connectivity index (χ2v) is 8.14. The molecule has 1 aliphatic heterocycles. The molecule has 6 heteroatoms. The molecule has 0 unspecified atom stereocenters. The molecule has 1 aliphatic rings. The lowest BCUT2D eigenvalue weighted by Gasteiger charge is -2.33. The number of hydrogen-bond acceptors (Lipinski definition) is 5. The fraction of sp³-hybridized carbons (Fsp3) is 0.524. The van der Waals surface area contributed by atoms with E-state index < -0.39 is 5.60 Å². The predicted molar refractivity (Wildman–Crippen MR) is 107 cm³/mol. The van der Waals surface area contributed by atoms with E-state index in [0.29, 0.717) is 18.2 Å². The summed E-state index contributed by atoms with van der Waals surface area (Å²) in [5.74, 6) is 1.34. The monoisotopic (exact) mass is 371 g/mol. The van der Waals surface area contributed by atoms with Crippen LogP contribution >= 0.6 is 0 Å². The molecule has 1 aromatic carbocycles. The van der Waals surface area contributed by atoms with Gasteiger partial charge in [-0.15, -0.1) is 0 Å². The van der Waals surface area contributed by atoms with E-state index in [0.717, 1.165) is 49.0 Å². The molecule has 0 spiro atoms. The molecule has 27 heavy (non-hydrogen) atoms. The number of amides is 1. The molecule has 1 saturated heterocycles. The molecule has 1 amide bonds. The minimum absolute atomic E-state index is 0.211. The molecule has 0 bridgehead atoms. The Bertz CT molecular complexity index is 793. The minimum atomic E-state index is -0.445. The van der Waals surface area contributed by atoms with Gasteiger partial charge in [0.2, 0.25) is 0 Å². The largest absolute Gasteiger partial charge is 0.493 e. The zero-order chi connectivity index (χ0) is 19.4. The Morgan fingerprint density at radius 2 is 2.04 bits per heavy atom. The van der Waals surface area contributed by atoms with Gasteiger partial charge in [0.05, 0.1) is 17.8 Å². The third-order valence-corrected chi connectivity index (χ3v) is 4.77. The summed E-state index contributed by atoms with van der Waals surface area (Å²) >= 11 is 0. The fourth-order valence-electron chi connectivity index (χ4n) is 3.35. The van der Waals surface area contributed by atoms with Crippen molar-refractivity contribution < 1.29 is 14.3 Å². The highest BCUT2D eigenvalue weighted by Crippen LogP contribution is 2.27. The number of piperidine rings is 1. The van der Waals surface area contributed by atoms with E-state index in [1.54, 1.807) is 11.1 Å². The number of benzene rings is 1. The molecular formula is C21H29N3O3. The lowest BCUT2D eigenvalue weighted by molar-refractivity contribution is 0.0177. The van der Waals surface area contributed by atoms with Gasteiger partial charge in [-0.2, -0.15) is 0 Å². The first-order valence-corrected chi connectivity index (χ1v) is 9.57. The minimum Gasteiger partial charge on any atom is -0.493 e. The van der Waals surface area contributed by atoms with Crippen molar-refractivity contribution in [2.45, 2.75) is 45.6 Å². The number of carbonyl (C=O) groups excluding carboxylic acids is 1. The summed E-state index contributed by atoms with van der Waals surface area (Å²) in [6, 6.07) is 7.69. The molecule has 146 valence electrons. The van der Waals surface area contributed by atoms with Crippen LogP contribution in [-0.4, -0.2) is 41.3 Å². The molecular weight excluding hydrogens is 342 g/mol. The summed E-state index contributed by atoms with van der Waals surface area (Å²) in [7, 11) is 0. The molecule has 2 aromatic rings. The summed E-state index contributed by atoms with van der Waals surface area (Å²) in [6.45, 7) is 7.81. The van der Waals surface area contributed by atoms with Crippen molar-refractivity contribution in [3.05, 3.63) is 30.5 Å². The number of aromatic nitrogens is 1. The smallest absolute Gasteiger partial charge is 0.410 e. The van der Waals surface area contributed by atoms with Gasteiger partial charge in [0, 0.05) is 30.7 Å². The highest BCUT2D eigenvalue weighted by molar-refractivity contribution is 5.90. The van der Waals surface area contributed by atoms with E-state index in [4.69, 9.17) is 15.2 Å². The highest BCUT2D eigenvalue weighted by Gasteiger charge is 2.26. The molecule has 2 N–H and O–H groups in total. The quantitative estimate of drug-likeness (QED) is 0.814. The second-order valence-electron chi connectivity index (χ2n) is 8.14. The van der Waals surface area contributed by atoms with E-state index >= 15 is 0 Å². The van der Waals surface area contributed by atoms with E-state index in [1.165, 1.54) is 0 Å². The van der Waals surface area contributed by atoms with Crippen LogP contribution < -0.4 is 10.5 Å². The van der Waals surface area contributed by atoms with E-state index in [2.05, 4.69) is 4.98 Å². The molecule has 1 fully saturated rings. The highest BCUT2D eigenvalue weighted by atomic mass is 16.6. The van der Waals surface area contributed by atoms with Crippen LogP contribution in [-0.2, 0) is 4.74 Å². The van der Waals surface area contributed by atoms with Crippen LogP contribution in [0.1, 0.15) is 40.0 Å². The summed E-state index contributed by atoms with van der Waals surface area (Å²) in [5.41, 5.74) is 7.06. The zero-order valence-corrected chi connectivity index (χ0v) is 16.4. The maximum atomic E-state index is 12.1. The van der Waals surface area contributed by atoms with Crippen LogP contribution in [0.3, 0.4) is 0 Å². The van der Waals surface area contributed by atoms with Gasteiger partial charge in [-0.05, 0) is 58.1 Å². The Labute approximate surface area is 160 Å². The van der Waals surface area contributed by atoms with Gasteiger partial charge in [0.25, 0.3) is 0 Å². The number of nitrogens with zero attached hydrogens (tertiary/aromatic N) is 2. The lowest BCUT2D eigenvalue weighted by Crippen LogP contribution is -2.41. The van der Waals surface area contributed by atoms with Crippen LogP contribution in [0.5, 0.6) is 5.75 Å². The van der Waals surface area contributed by atoms with Gasteiger partial charge < -0.3 is 20.1 Å². The van der Waals surface area contributed by atoms with Gasteiger partial charge in [0.15, 0.2) is 0 Å². The van der Waals surface area contributed by atoms with Crippen LogP contribution in [0.4, 0.5) is 10.5 Å². The number of pyridine rings is 1. The third kappa shape index (κ3) is 5.25. The van der Waals surface area contributed by atoms with Crippen molar-refractivity contribution in [3.63, 3.8) is 0 Å². The number of nitrogens with two attached hydrogens (primary N) is 1. The lowest BCUT2D eigenvalue weighted by atomic mass is 9.94. The van der Waals surface area contributed by atoms with Gasteiger partial charge in [-0.1, -0.05) is 6.07 Å². The molecule has 2 heterocycles. The molecule has 6 nitrogen and oxygen atoms in total. The average Bonchev–Trinajstić information content (AvgIpc) is 2.61. The molecule has 0 atom stereocenters. The van der Waals surface area contributed by atoms with E-state index in [9.17, 15) is 4.79 Å². The summed E-state index contributed by atoms with van der Waals surface area (Å²) in [6.07, 6.45) is 4.45. The van der Waals surface area contributed by atoms with Gasteiger partial charge in [-0.25, -0.2) is 4.79 Å². The number of rotatable bonds is 4. The van der Waals surface area contributed by atoms with Gasteiger partial charge >= 0.3 is 6.09 Å². The number of fused-ring (bicyclic) bond motifs is 1. The van der Waals surface area contributed by atoms with Crippen molar-refractivity contribution in [2.24, 2.45) is 5.92 Å². The summed E-state index contributed by atoms with van der Waals surface area (Å²) in [5, 5.41) is 0.984. The van der Waals surface area contributed by atoms with Gasteiger partial charge in [-0.3, -0.25) is 4.98 Å². The van der Waals surface area contributed by atoms with Crippen molar-refractivity contribution in [3.8, 4) is 5.75 Å². The van der Waals surface area contributed by atoms with Crippen molar-refractivity contribution in [2.75, 3.05) is 25.4 Å². The Kier molecular flexibility index (Phi) is 5.73. The van der Waals surface area contributed by atoms with E-state index in [-0.39, 0.29) is 6.09 Å². The Morgan fingerprint density at radius 3 is 2.74 bits per heavy atom. The average molecular weight is 371 g/mol. The first-order valence-electron chi connectivity index (χ1n) is 9.57. The van der Waals surface area contributed by atoms with Crippen LogP contribution in [0.25, 0.3) is 10.9 Å². The van der Waals surface area contributed by atoms with Crippen LogP contribution in [0, 0.1) is 5.92 Å². The first kappa shape index (κ1) is 19.3. The SMILES string of the molecule is CC(C)(C)OC(=O)N1CCC(CCOc2cc(N)c3ncccc3c2)CC1. The number of ether oxygens (including phenoxy) is 2. The van der Waals surface area contributed by atoms with Crippen molar-refractivity contribution in [1.29, 1.82) is 0 Å². The second kappa shape index (κ2) is 8.03. The number of likely N-dealkylation sites (tertiary alicyclic amines) is 1. The molecule has 1 aromatic heterocycles. The number of nitrogen functional groups attached to an aromatic ring is 1. The normalized spacial score (nSPS) is 15.7. The Hall–Kier alpha value is -2.50. The summed E-state index contributed by atoms with van der Waals surface area (Å²) < 4.78 is 11.4. The summed E-state index contributed by atoms with van der Waals surface area (Å²) in [4.78, 5) is 18.2. The Balaban J connectivity index is 1.45. The zero-order valence-electron chi connectivity index (χ0n) is 16.4. The van der Waals surface area contributed by atoms with Crippen molar-refractivity contribution in [1.82, 2.24) is 9.88 Å². The fourth-order valence-corrected chi connectivity index (χ4v) is 3.35. The molecule has 0 saturated carbocycles. The number of anilines is 1. The third-order valence-electron chi connectivity index (χ3n) is 4.77. The predicted octanol–water partition coefficient (Wildman–Crippen LogP) is 4.23. The maximum absolute atomic E-state index is 12.1. The number of carbonyl (C=O) groups is 1. The number of hydrogen-bond donors (Lipinski definition) is 1. The molecule has 0 radical (unpaired) electrons. The maximum Gasteiger partial charge on any atom is 0.410 e. The Morgan fingerprint density at radius 1 is 1.30 bits per heavy atom. The topological polar surface area (TPSA) is 77.7 Å². The van der Waals surface area contributed by atoms with Crippen LogP contribution in [0.2, 0.25) is 0 Å². The van der Waals surface area contributed by atoms with Crippen LogP contribution in [0.15, 0.2) is 30.5 Å².